The van der Waals surface area contributed by atoms with Gasteiger partial charge in [0.15, 0.2) is 11.5 Å². The van der Waals surface area contributed by atoms with E-state index in [9.17, 15) is 4.79 Å². The van der Waals surface area contributed by atoms with Crippen LogP contribution in [-0.4, -0.2) is 42.1 Å². The lowest BCUT2D eigenvalue weighted by Gasteiger charge is -2.30. The fraction of sp³-hybridized carbons (Fsp3) is 0.286. The summed E-state index contributed by atoms with van der Waals surface area (Å²) in [5.74, 6) is 1.14. The van der Waals surface area contributed by atoms with Gasteiger partial charge in [0.1, 0.15) is 9.71 Å². The third-order valence-corrected chi connectivity index (χ3v) is 7.09. The molecule has 0 unspecified atom stereocenters. The molecule has 0 aliphatic rings. The number of thiophene rings is 1. The molecule has 4 aromatic rings. The van der Waals surface area contributed by atoms with E-state index in [1.165, 1.54) is 11.3 Å². The van der Waals surface area contributed by atoms with Gasteiger partial charge in [0, 0.05) is 34.2 Å². The minimum atomic E-state index is -0.0830. The Bertz CT molecular complexity index is 1360. The lowest BCUT2D eigenvalue weighted by atomic mass is 9.98. The van der Waals surface area contributed by atoms with E-state index in [2.05, 4.69) is 0 Å². The molecule has 0 aliphatic heterocycles. The summed E-state index contributed by atoms with van der Waals surface area (Å²) in [7, 11) is 3.23. The van der Waals surface area contributed by atoms with Crippen LogP contribution < -0.4 is 15.2 Å². The van der Waals surface area contributed by atoms with E-state index in [0.717, 1.165) is 27.8 Å². The molecule has 35 heavy (non-hydrogen) atoms. The molecule has 182 valence electrons. The van der Waals surface area contributed by atoms with Crippen molar-refractivity contribution < 1.29 is 14.3 Å². The van der Waals surface area contributed by atoms with Crippen LogP contribution in [0.2, 0.25) is 0 Å². The highest BCUT2D eigenvalue weighted by atomic mass is 32.1. The third kappa shape index (κ3) is 4.44. The van der Waals surface area contributed by atoms with Crippen molar-refractivity contribution in [1.29, 1.82) is 0 Å². The summed E-state index contributed by atoms with van der Waals surface area (Å²) >= 11 is 1.34. The number of carbonyl (C=O) groups is 1. The van der Waals surface area contributed by atoms with E-state index >= 15 is 0 Å². The number of nitrogens with zero attached hydrogens (tertiary/aromatic N) is 2. The smallest absolute Gasteiger partial charge is 0.266 e. The van der Waals surface area contributed by atoms with Gasteiger partial charge in [0.05, 0.1) is 25.6 Å². The van der Waals surface area contributed by atoms with Crippen molar-refractivity contribution in [1.82, 2.24) is 9.88 Å². The number of rotatable bonds is 7. The largest absolute Gasteiger partial charge is 0.493 e. The van der Waals surface area contributed by atoms with Gasteiger partial charge in [-0.1, -0.05) is 42.5 Å². The van der Waals surface area contributed by atoms with E-state index in [-0.39, 0.29) is 18.0 Å². The van der Waals surface area contributed by atoms with E-state index in [1.807, 2.05) is 87.2 Å². The van der Waals surface area contributed by atoms with Crippen molar-refractivity contribution in [3.63, 3.8) is 0 Å². The lowest BCUT2D eigenvalue weighted by Crippen LogP contribution is -2.41. The number of amides is 1. The number of fused-ring (bicyclic) bond motifs is 1. The highest BCUT2D eigenvalue weighted by Crippen LogP contribution is 2.46. The molecule has 0 saturated heterocycles. The minimum absolute atomic E-state index is 0.0397. The summed E-state index contributed by atoms with van der Waals surface area (Å²) in [5.41, 5.74) is 10.6. The number of para-hydroxylation sites is 1. The second kappa shape index (κ2) is 9.96. The first-order valence-corrected chi connectivity index (χ1v) is 12.4. The zero-order valence-corrected chi connectivity index (χ0v) is 21.8. The average molecular weight is 490 g/mol. The highest BCUT2D eigenvalue weighted by Gasteiger charge is 2.28. The second-order valence-corrected chi connectivity index (χ2v) is 9.89. The molecule has 2 aromatic heterocycles. The maximum atomic E-state index is 13.6. The van der Waals surface area contributed by atoms with Crippen LogP contribution in [0.25, 0.3) is 32.6 Å². The van der Waals surface area contributed by atoms with Crippen molar-refractivity contribution in [2.24, 2.45) is 0 Å². The molecule has 4 rings (SSSR count). The van der Waals surface area contributed by atoms with Crippen LogP contribution in [0, 0.1) is 0 Å². The maximum Gasteiger partial charge on any atom is 0.266 e. The third-order valence-electron chi connectivity index (χ3n) is 6.00. The number of hydrogen-bond donors (Lipinski definition) is 1. The Morgan fingerprint density at radius 3 is 2.23 bits per heavy atom. The fourth-order valence-electron chi connectivity index (χ4n) is 4.53. The van der Waals surface area contributed by atoms with E-state index in [4.69, 9.17) is 20.2 Å². The van der Waals surface area contributed by atoms with Gasteiger partial charge in [-0.05, 0) is 39.8 Å². The van der Waals surface area contributed by atoms with Gasteiger partial charge in [0.2, 0.25) is 0 Å². The minimum Gasteiger partial charge on any atom is -0.493 e. The second-order valence-electron chi connectivity index (χ2n) is 8.89. The Balaban J connectivity index is 2.04. The molecule has 2 heterocycles. The molecular weight excluding hydrogens is 458 g/mol. The Morgan fingerprint density at radius 2 is 1.63 bits per heavy atom. The van der Waals surface area contributed by atoms with Gasteiger partial charge in [0.25, 0.3) is 5.91 Å². The first kappa shape index (κ1) is 24.5. The molecule has 2 N–H and O–H groups in total. The number of aromatic nitrogens is 1. The number of pyridine rings is 1. The van der Waals surface area contributed by atoms with E-state index < -0.39 is 0 Å². The first-order chi connectivity index (χ1) is 16.8. The molecular formula is C28H31N3O3S. The number of ether oxygens (including phenoxy) is 2. The van der Waals surface area contributed by atoms with Gasteiger partial charge >= 0.3 is 0 Å². The number of carbonyl (C=O) groups excluding carboxylic acids is 1. The number of nitrogens with two attached hydrogens (primary N) is 1. The average Bonchev–Trinajstić information content (AvgIpc) is 3.19. The monoisotopic (exact) mass is 489 g/mol. The number of nitrogen functional groups attached to an aromatic ring is 1. The molecule has 1 amide bonds. The Labute approximate surface area is 210 Å². The molecule has 0 saturated carbocycles. The van der Waals surface area contributed by atoms with Crippen LogP contribution in [0.5, 0.6) is 11.5 Å². The van der Waals surface area contributed by atoms with Crippen molar-refractivity contribution in [2.45, 2.75) is 39.8 Å². The van der Waals surface area contributed by atoms with E-state index in [1.54, 1.807) is 14.2 Å². The van der Waals surface area contributed by atoms with Crippen LogP contribution >= 0.6 is 11.3 Å². The van der Waals surface area contributed by atoms with Crippen molar-refractivity contribution in [3.05, 3.63) is 59.5 Å². The number of anilines is 1. The number of methoxy groups -OCH3 is 2. The van der Waals surface area contributed by atoms with Gasteiger partial charge in [-0.25, -0.2) is 4.98 Å². The lowest BCUT2D eigenvalue weighted by molar-refractivity contribution is 0.0650. The quantitative estimate of drug-likeness (QED) is 0.321. The zero-order valence-electron chi connectivity index (χ0n) is 21.0. The van der Waals surface area contributed by atoms with Crippen LogP contribution in [0.3, 0.4) is 0 Å². The molecule has 0 atom stereocenters. The molecule has 7 heteroatoms. The molecule has 0 spiro atoms. The molecule has 0 fully saturated rings. The topological polar surface area (TPSA) is 77.7 Å². The summed E-state index contributed by atoms with van der Waals surface area (Å²) in [4.78, 5) is 21.6. The van der Waals surface area contributed by atoms with Gasteiger partial charge in [-0.15, -0.1) is 11.3 Å². The molecule has 6 nitrogen and oxygen atoms in total. The Hall–Kier alpha value is -3.58. The summed E-state index contributed by atoms with van der Waals surface area (Å²) < 4.78 is 11.3. The van der Waals surface area contributed by atoms with Crippen molar-refractivity contribution in [3.8, 4) is 33.9 Å². The fourth-order valence-corrected chi connectivity index (χ4v) is 5.59. The molecule has 2 aromatic carbocycles. The van der Waals surface area contributed by atoms with Gasteiger partial charge in [-0.2, -0.15) is 0 Å². The van der Waals surface area contributed by atoms with Crippen LogP contribution in [-0.2, 0) is 0 Å². The van der Waals surface area contributed by atoms with Crippen LogP contribution in [0.4, 0.5) is 5.69 Å². The summed E-state index contributed by atoms with van der Waals surface area (Å²) in [6.45, 7) is 8.05. The maximum absolute atomic E-state index is 13.6. The molecule has 0 aliphatic carbocycles. The van der Waals surface area contributed by atoms with Crippen molar-refractivity contribution in [2.75, 3.05) is 20.0 Å². The predicted octanol–water partition coefficient (Wildman–Crippen LogP) is 6.49. The predicted molar refractivity (Wildman–Crippen MR) is 144 cm³/mol. The highest BCUT2D eigenvalue weighted by molar-refractivity contribution is 7.21. The standard InChI is InChI=1S/C28H31N3O3S/c1-16(2)31(17(3)4)28(32)26-24(29)23-20(19-13-10-14-22(33-5)25(19)34-6)15-21(30-27(23)35-26)18-11-8-7-9-12-18/h7-17H,29H2,1-6H3. The Kier molecular flexibility index (Phi) is 6.98. The summed E-state index contributed by atoms with van der Waals surface area (Å²) in [5, 5.41) is 0.747. The van der Waals surface area contributed by atoms with Crippen molar-refractivity contribution >= 4 is 33.1 Å². The van der Waals surface area contributed by atoms with E-state index in [0.29, 0.717) is 26.9 Å². The van der Waals surface area contributed by atoms with Gasteiger partial charge in [-0.3, -0.25) is 4.79 Å². The number of benzene rings is 2. The SMILES string of the molecule is COc1cccc(-c2cc(-c3ccccc3)nc3sc(C(=O)N(C(C)C)C(C)C)c(N)c23)c1OC. The molecule has 0 radical (unpaired) electrons. The number of hydrogen-bond acceptors (Lipinski definition) is 6. The first-order valence-electron chi connectivity index (χ1n) is 11.6. The molecule has 0 bridgehead atoms. The van der Waals surface area contributed by atoms with Gasteiger partial charge < -0.3 is 20.1 Å². The normalized spacial score (nSPS) is 11.3. The summed E-state index contributed by atoms with van der Waals surface area (Å²) in [6, 6.07) is 17.8. The zero-order chi connectivity index (χ0) is 25.3. The summed E-state index contributed by atoms with van der Waals surface area (Å²) in [6.07, 6.45) is 0. The Morgan fingerprint density at radius 1 is 0.943 bits per heavy atom. The van der Waals surface area contributed by atoms with Crippen LogP contribution in [0.1, 0.15) is 37.4 Å². The van der Waals surface area contributed by atoms with Crippen LogP contribution in [0.15, 0.2) is 54.6 Å².